The summed E-state index contributed by atoms with van der Waals surface area (Å²) in [5.74, 6) is 1.69. The van der Waals surface area contributed by atoms with Crippen molar-refractivity contribution in [1.82, 2.24) is 30.5 Å². The molecule has 0 saturated heterocycles. The number of aromatic amines is 1. The van der Waals surface area contributed by atoms with E-state index in [1.807, 2.05) is 0 Å². The van der Waals surface area contributed by atoms with Gasteiger partial charge in [0.2, 0.25) is 0 Å². The SMILES string of the molecule is CCOCC(N)OC(Sc1cc(Cl)ccc1C(=O)N(C)C)[C@H](CN(N)/C=C(\N)c1cc(F)c(F)c(F)c1)OCc1nn[nH]n1. The van der Waals surface area contributed by atoms with Crippen molar-refractivity contribution >= 4 is 35.0 Å². The van der Waals surface area contributed by atoms with Gasteiger partial charge in [-0.3, -0.25) is 4.79 Å². The Morgan fingerprint density at radius 3 is 2.52 bits per heavy atom. The maximum atomic E-state index is 13.8. The zero-order valence-corrected chi connectivity index (χ0v) is 25.6. The molecule has 18 heteroatoms. The van der Waals surface area contributed by atoms with Crippen LogP contribution in [0.2, 0.25) is 5.02 Å². The lowest BCUT2D eigenvalue weighted by molar-refractivity contribution is -0.0916. The minimum absolute atomic E-state index is 0.0328. The molecule has 0 aliphatic rings. The number of hydrogen-bond acceptors (Lipinski definition) is 12. The third kappa shape index (κ3) is 10.0. The summed E-state index contributed by atoms with van der Waals surface area (Å²) in [5, 5.41) is 15.0. The van der Waals surface area contributed by atoms with Crippen molar-refractivity contribution in [2.45, 2.75) is 36.2 Å². The number of aromatic nitrogens is 4. The molecule has 0 bridgehead atoms. The van der Waals surface area contributed by atoms with Crippen LogP contribution in [0.4, 0.5) is 13.2 Å². The first-order chi connectivity index (χ1) is 20.9. The zero-order chi connectivity index (χ0) is 32.4. The highest BCUT2D eigenvalue weighted by Crippen LogP contribution is 2.34. The Morgan fingerprint density at radius 1 is 1.20 bits per heavy atom. The van der Waals surface area contributed by atoms with E-state index in [2.05, 4.69) is 20.6 Å². The van der Waals surface area contributed by atoms with Crippen molar-refractivity contribution in [3.05, 3.63) is 76.0 Å². The number of carbonyl (C=O) groups is 1. The van der Waals surface area contributed by atoms with Crippen LogP contribution in [-0.2, 0) is 20.8 Å². The number of benzene rings is 2. The summed E-state index contributed by atoms with van der Waals surface area (Å²) in [6, 6.07) is 6.23. The van der Waals surface area contributed by atoms with Crippen molar-refractivity contribution in [3.63, 3.8) is 0 Å². The number of H-pyrrole nitrogens is 1. The Balaban J connectivity index is 1.98. The maximum Gasteiger partial charge on any atom is 0.254 e. The van der Waals surface area contributed by atoms with Gasteiger partial charge in [-0.25, -0.2) is 19.0 Å². The summed E-state index contributed by atoms with van der Waals surface area (Å²) in [7, 11) is 3.21. The predicted molar refractivity (Wildman–Crippen MR) is 157 cm³/mol. The molecule has 3 aromatic rings. The van der Waals surface area contributed by atoms with Gasteiger partial charge in [-0.1, -0.05) is 28.6 Å². The van der Waals surface area contributed by atoms with Gasteiger partial charge < -0.3 is 35.6 Å². The van der Waals surface area contributed by atoms with Crippen molar-refractivity contribution in [3.8, 4) is 0 Å². The van der Waals surface area contributed by atoms with E-state index >= 15 is 0 Å². The summed E-state index contributed by atoms with van der Waals surface area (Å²) >= 11 is 7.38. The van der Waals surface area contributed by atoms with E-state index in [1.165, 1.54) is 11.1 Å². The maximum absolute atomic E-state index is 13.8. The van der Waals surface area contributed by atoms with E-state index in [4.69, 9.17) is 43.1 Å². The van der Waals surface area contributed by atoms with E-state index in [-0.39, 0.29) is 42.8 Å². The van der Waals surface area contributed by atoms with Gasteiger partial charge >= 0.3 is 0 Å². The monoisotopic (exact) mass is 659 g/mol. The normalized spacial score (nSPS) is 13.9. The molecule has 1 amide bonds. The zero-order valence-electron chi connectivity index (χ0n) is 24.0. The van der Waals surface area contributed by atoms with Gasteiger partial charge in [0, 0.05) is 42.4 Å². The van der Waals surface area contributed by atoms with Crippen molar-refractivity contribution in [2.24, 2.45) is 17.3 Å². The number of hydrazine groups is 1. The number of nitrogens with one attached hydrogen (secondary N) is 1. The van der Waals surface area contributed by atoms with Gasteiger partial charge in [0.1, 0.15) is 24.4 Å². The lowest BCUT2D eigenvalue weighted by atomic mass is 10.1. The molecule has 13 nitrogen and oxygen atoms in total. The Kier molecular flexibility index (Phi) is 13.2. The molecular formula is C26H33ClF3N9O4S. The van der Waals surface area contributed by atoms with Gasteiger partial charge in [-0.15, -0.1) is 10.2 Å². The predicted octanol–water partition coefficient (Wildman–Crippen LogP) is 2.45. The topological polar surface area (TPSA) is 184 Å². The fraction of sp³-hybridized carbons (Fsp3) is 0.385. The molecule has 2 unspecified atom stereocenters. The quantitative estimate of drug-likeness (QED) is 0.0580. The number of nitrogens with two attached hydrogens (primary N) is 3. The smallest absolute Gasteiger partial charge is 0.254 e. The fourth-order valence-corrected chi connectivity index (χ4v) is 5.13. The Hall–Kier alpha value is -3.45. The van der Waals surface area contributed by atoms with Crippen LogP contribution in [0.15, 0.2) is 41.4 Å². The summed E-state index contributed by atoms with van der Waals surface area (Å²) in [6.07, 6.45) is -0.713. The first-order valence-electron chi connectivity index (χ1n) is 13.0. The molecule has 7 N–H and O–H groups in total. The fourth-order valence-electron chi connectivity index (χ4n) is 3.65. The molecule has 240 valence electrons. The summed E-state index contributed by atoms with van der Waals surface area (Å²) < 4.78 is 58.7. The first-order valence-corrected chi connectivity index (χ1v) is 14.3. The van der Waals surface area contributed by atoms with E-state index in [1.54, 1.807) is 39.2 Å². The van der Waals surface area contributed by atoms with E-state index in [9.17, 15) is 18.0 Å². The van der Waals surface area contributed by atoms with Crippen LogP contribution in [-0.4, -0.2) is 88.1 Å². The van der Waals surface area contributed by atoms with Gasteiger partial charge in [-0.2, -0.15) is 5.21 Å². The lowest BCUT2D eigenvalue weighted by Gasteiger charge is -2.32. The van der Waals surface area contributed by atoms with Crippen LogP contribution in [0.1, 0.15) is 28.7 Å². The second kappa shape index (κ2) is 16.6. The Morgan fingerprint density at radius 2 is 1.91 bits per heavy atom. The number of ether oxygens (including phenoxy) is 3. The third-order valence-electron chi connectivity index (χ3n) is 5.75. The molecule has 2 aromatic carbocycles. The highest BCUT2D eigenvalue weighted by molar-refractivity contribution is 8.00. The number of hydrogen-bond donors (Lipinski definition) is 4. The highest BCUT2D eigenvalue weighted by atomic mass is 35.5. The minimum Gasteiger partial charge on any atom is -0.397 e. The molecular weight excluding hydrogens is 627 g/mol. The second-order valence-electron chi connectivity index (χ2n) is 9.37. The van der Waals surface area contributed by atoms with Crippen LogP contribution >= 0.6 is 23.4 Å². The molecule has 3 atom stereocenters. The number of carbonyl (C=O) groups excluding carboxylic acids is 1. The molecule has 1 aromatic heterocycles. The molecule has 0 spiro atoms. The van der Waals surface area contributed by atoms with E-state index in [0.29, 0.717) is 22.1 Å². The van der Waals surface area contributed by atoms with Crippen LogP contribution in [0.3, 0.4) is 0 Å². The molecule has 0 saturated carbocycles. The largest absolute Gasteiger partial charge is 0.397 e. The van der Waals surface area contributed by atoms with Crippen LogP contribution in [0, 0.1) is 17.5 Å². The molecule has 44 heavy (non-hydrogen) atoms. The molecule has 0 radical (unpaired) electrons. The molecule has 3 rings (SSSR count). The molecule has 1 heterocycles. The van der Waals surface area contributed by atoms with Gasteiger partial charge in [0.15, 0.2) is 23.3 Å². The van der Waals surface area contributed by atoms with Crippen LogP contribution < -0.4 is 17.3 Å². The average molecular weight is 660 g/mol. The van der Waals surface area contributed by atoms with Crippen LogP contribution in [0.25, 0.3) is 5.70 Å². The molecule has 0 fully saturated rings. The molecule has 0 aliphatic carbocycles. The number of tetrazole rings is 1. The van der Waals surface area contributed by atoms with Crippen molar-refractivity contribution < 1.29 is 32.2 Å². The van der Waals surface area contributed by atoms with Crippen molar-refractivity contribution in [1.29, 1.82) is 0 Å². The van der Waals surface area contributed by atoms with E-state index < -0.39 is 35.2 Å². The lowest BCUT2D eigenvalue weighted by Crippen LogP contribution is -2.45. The standard InChI is InChI=1S/C26H33ClF3N9O4S/c1-4-41-12-22(32)43-26(44-21-9-15(27)5-6-16(21)25(40)38(2)3)20(42-13-23-34-36-37-35-23)11-39(33)10-19(31)14-7-17(28)24(30)18(29)8-14/h5-10,20,22,26H,4,11-13,31-33H2,1-3H3,(H,34,35,36,37)/b19-10-/t20-,22?,26?/m0/s1. The first kappa shape index (κ1) is 35.0. The van der Waals surface area contributed by atoms with Gasteiger partial charge in [0.05, 0.1) is 24.4 Å². The number of halogens is 4. The number of rotatable bonds is 16. The van der Waals surface area contributed by atoms with Crippen molar-refractivity contribution in [2.75, 3.05) is 33.9 Å². The second-order valence-corrected chi connectivity index (χ2v) is 10.9. The average Bonchev–Trinajstić information content (AvgIpc) is 3.49. The Bertz CT molecular complexity index is 1400. The van der Waals surface area contributed by atoms with Crippen LogP contribution in [0.5, 0.6) is 0 Å². The van der Waals surface area contributed by atoms with Gasteiger partial charge in [-0.05, 0) is 37.3 Å². The summed E-state index contributed by atoms with van der Waals surface area (Å²) in [5.41, 5.74) is 11.3. The number of thioether (sulfide) groups is 1. The summed E-state index contributed by atoms with van der Waals surface area (Å²) in [6.45, 7) is 1.91. The number of nitrogens with zero attached hydrogens (tertiary/aromatic N) is 5. The third-order valence-corrected chi connectivity index (χ3v) is 7.22. The molecule has 0 aliphatic heterocycles. The highest BCUT2D eigenvalue weighted by Gasteiger charge is 2.30. The van der Waals surface area contributed by atoms with E-state index in [0.717, 1.165) is 28.9 Å². The Labute approximate surface area is 260 Å². The summed E-state index contributed by atoms with van der Waals surface area (Å²) in [4.78, 5) is 14.8. The number of amides is 1. The minimum atomic E-state index is -1.63. The van der Waals surface area contributed by atoms with Gasteiger partial charge in [0.25, 0.3) is 5.91 Å².